The molecule has 2 atom stereocenters. The minimum atomic E-state index is -4.76. The molecule has 0 bridgehead atoms. The van der Waals surface area contributed by atoms with Gasteiger partial charge in [-0.1, -0.05) is 26.8 Å². The Balaban J connectivity index is 1.66. The molecule has 2 N–H and O–H groups in total. The van der Waals surface area contributed by atoms with Gasteiger partial charge in [-0.15, -0.1) is 0 Å². The molecule has 0 aliphatic carbocycles. The maximum atomic E-state index is 15.7. The average Bonchev–Trinajstić information content (AvgIpc) is 3.26. The number of nitrogens with zero attached hydrogens (tertiary/aromatic N) is 2. The lowest BCUT2D eigenvalue weighted by Crippen LogP contribution is -2.68. The number of carbonyl (C=O) groups is 2. The van der Waals surface area contributed by atoms with E-state index in [2.05, 4.69) is 10.3 Å². The highest BCUT2D eigenvalue weighted by Gasteiger charge is 2.59. The fourth-order valence-corrected chi connectivity index (χ4v) is 5.18. The first kappa shape index (κ1) is 30.9. The lowest BCUT2D eigenvalue weighted by molar-refractivity contribution is -0.154. The van der Waals surface area contributed by atoms with Crippen LogP contribution in [0.5, 0.6) is 5.75 Å². The van der Waals surface area contributed by atoms with Gasteiger partial charge in [0.25, 0.3) is 18.3 Å². The van der Waals surface area contributed by atoms with Gasteiger partial charge < -0.3 is 19.6 Å². The summed E-state index contributed by atoms with van der Waals surface area (Å²) in [7, 11) is 0. The van der Waals surface area contributed by atoms with Crippen molar-refractivity contribution in [3.05, 3.63) is 59.1 Å². The van der Waals surface area contributed by atoms with E-state index in [0.29, 0.717) is 4.90 Å². The van der Waals surface area contributed by atoms with Crippen molar-refractivity contribution < 1.29 is 54.6 Å². The Morgan fingerprint density at radius 1 is 1.21 bits per heavy atom. The second-order valence-electron chi connectivity index (χ2n) is 10.8. The number of nitrogens with one attached hydrogen (secondary N) is 1. The Bertz CT molecular complexity index is 1480. The Hall–Kier alpha value is -4.04. The van der Waals surface area contributed by atoms with Crippen LogP contribution in [-0.2, 0) is 12.8 Å². The van der Waals surface area contributed by atoms with Crippen LogP contribution in [0.25, 0.3) is 11.0 Å². The van der Waals surface area contributed by atoms with Gasteiger partial charge in [0.05, 0.1) is 11.6 Å². The molecule has 0 radical (unpaired) electrons. The highest BCUT2D eigenvalue weighted by Crippen LogP contribution is 2.43. The van der Waals surface area contributed by atoms with Crippen LogP contribution in [0, 0.1) is 5.41 Å². The van der Waals surface area contributed by atoms with Gasteiger partial charge in [-0.05, 0) is 36.1 Å². The van der Waals surface area contributed by atoms with Crippen molar-refractivity contribution in [2.45, 2.75) is 64.4 Å². The van der Waals surface area contributed by atoms with E-state index in [1.165, 1.54) is 32.9 Å². The predicted molar refractivity (Wildman–Crippen MR) is 134 cm³/mol. The molecule has 2 unspecified atom stereocenters. The maximum absolute atomic E-state index is 15.7. The Morgan fingerprint density at radius 2 is 1.90 bits per heavy atom. The number of carboxylic acid groups (broad SMARTS) is 1. The SMILES string of the molecule is CC(C)(C)C1N(C(=O)O)CCC(NC(=O)c2c(C(F)F)oc3ccc(OCc4cccnc4C(F)(F)F)cc23)C1(F)F. The number of ether oxygens (including phenoxy) is 1. The normalized spacial score (nSPS) is 19.3. The first-order valence-electron chi connectivity index (χ1n) is 12.6. The topological polar surface area (TPSA) is 105 Å². The minimum Gasteiger partial charge on any atom is -0.489 e. The molecule has 2 amide bonds. The largest absolute Gasteiger partial charge is 0.489 e. The zero-order valence-corrected chi connectivity index (χ0v) is 22.4. The van der Waals surface area contributed by atoms with Crippen LogP contribution in [-0.4, -0.2) is 51.5 Å². The van der Waals surface area contributed by atoms with E-state index in [0.717, 1.165) is 24.4 Å². The van der Waals surface area contributed by atoms with Gasteiger partial charge in [-0.3, -0.25) is 14.7 Å². The third-order valence-corrected chi connectivity index (χ3v) is 6.84. The zero-order chi connectivity index (χ0) is 31.2. The van der Waals surface area contributed by atoms with E-state index >= 15 is 8.78 Å². The number of rotatable bonds is 6. The summed E-state index contributed by atoms with van der Waals surface area (Å²) in [5, 5.41) is 11.3. The lowest BCUT2D eigenvalue weighted by Gasteiger charge is -2.49. The van der Waals surface area contributed by atoms with Crippen LogP contribution >= 0.6 is 0 Å². The third-order valence-electron chi connectivity index (χ3n) is 6.84. The molecule has 3 aromatic rings. The number of fused-ring (bicyclic) bond motifs is 1. The molecule has 8 nitrogen and oxygen atoms in total. The monoisotopic (exact) mass is 605 g/mol. The number of carbonyl (C=O) groups excluding carboxylic acids is 1. The molecule has 1 aliphatic rings. The van der Waals surface area contributed by atoms with E-state index in [4.69, 9.17) is 9.15 Å². The van der Waals surface area contributed by atoms with Crippen molar-refractivity contribution >= 4 is 23.0 Å². The number of alkyl halides is 7. The lowest BCUT2D eigenvalue weighted by atomic mass is 9.76. The molecule has 228 valence electrons. The molecule has 0 saturated carbocycles. The molecular weight excluding hydrogens is 579 g/mol. The Kier molecular flexibility index (Phi) is 8.08. The molecule has 1 aliphatic heterocycles. The van der Waals surface area contributed by atoms with Gasteiger partial charge in [0, 0.05) is 23.7 Å². The molecule has 1 saturated heterocycles. The summed E-state index contributed by atoms with van der Waals surface area (Å²) in [5.41, 5.74) is -3.73. The first-order chi connectivity index (χ1) is 19.4. The van der Waals surface area contributed by atoms with Crippen LogP contribution in [0.2, 0.25) is 0 Å². The fourth-order valence-electron chi connectivity index (χ4n) is 5.18. The van der Waals surface area contributed by atoms with E-state index in [-0.39, 0.29) is 28.8 Å². The summed E-state index contributed by atoms with van der Waals surface area (Å²) in [6.07, 6.45) is -9.21. The van der Waals surface area contributed by atoms with E-state index < -0.39 is 78.1 Å². The smallest absolute Gasteiger partial charge is 0.433 e. The quantitative estimate of drug-likeness (QED) is 0.297. The third kappa shape index (κ3) is 5.95. The molecular formula is C27H26F7N3O5. The standard InChI is InChI=1S/C27H26F7N3O5/c1-25(2,3)23-26(30,31)17(8-10-37(23)24(39)40)36-22(38)18-15-11-14(6-7-16(15)42-19(18)21(28)29)41-12-13-5-4-9-35-20(13)27(32,33)34/h4-7,9,11,17,21,23H,8,10,12H2,1-3H3,(H,36,38)(H,39,40). The van der Waals surface area contributed by atoms with Gasteiger partial charge >= 0.3 is 12.3 Å². The maximum Gasteiger partial charge on any atom is 0.433 e. The first-order valence-corrected chi connectivity index (χ1v) is 12.6. The van der Waals surface area contributed by atoms with Crippen molar-refractivity contribution in [2.75, 3.05) is 6.54 Å². The highest BCUT2D eigenvalue weighted by atomic mass is 19.4. The average molecular weight is 606 g/mol. The van der Waals surface area contributed by atoms with Gasteiger partial charge in [0.1, 0.15) is 24.0 Å². The van der Waals surface area contributed by atoms with Crippen molar-refractivity contribution in [1.29, 1.82) is 0 Å². The van der Waals surface area contributed by atoms with E-state index in [1.54, 1.807) is 0 Å². The predicted octanol–water partition coefficient (Wildman–Crippen LogP) is 6.90. The van der Waals surface area contributed by atoms with Crippen molar-refractivity contribution in [3.63, 3.8) is 0 Å². The van der Waals surface area contributed by atoms with Crippen molar-refractivity contribution in [2.24, 2.45) is 5.41 Å². The Labute approximate surface area is 234 Å². The molecule has 0 spiro atoms. The number of hydrogen-bond donors (Lipinski definition) is 2. The van der Waals surface area contributed by atoms with Crippen LogP contribution in [0.1, 0.15) is 61.0 Å². The van der Waals surface area contributed by atoms with Crippen LogP contribution in [0.3, 0.4) is 0 Å². The summed E-state index contributed by atoms with van der Waals surface area (Å²) in [5.74, 6) is -6.34. The highest BCUT2D eigenvalue weighted by molar-refractivity contribution is 6.07. The van der Waals surface area contributed by atoms with Gasteiger partial charge in [-0.2, -0.15) is 13.2 Å². The molecule has 42 heavy (non-hydrogen) atoms. The van der Waals surface area contributed by atoms with Crippen molar-refractivity contribution in [1.82, 2.24) is 15.2 Å². The molecule has 2 aromatic heterocycles. The molecule has 4 rings (SSSR count). The number of hydrogen-bond acceptors (Lipinski definition) is 5. The second-order valence-corrected chi connectivity index (χ2v) is 10.8. The van der Waals surface area contributed by atoms with Crippen LogP contribution < -0.4 is 10.1 Å². The zero-order valence-electron chi connectivity index (χ0n) is 22.4. The molecule has 15 heteroatoms. The second kappa shape index (κ2) is 11.0. The summed E-state index contributed by atoms with van der Waals surface area (Å²) in [6.45, 7) is 3.27. The number of pyridine rings is 1. The van der Waals surface area contributed by atoms with Gasteiger partial charge in [0.2, 0.25) is 0 Å². The number of halogens is 7. The fraction of sp³-hybridized carbons (Fsp3) is 0.444. The van der Waals surface area contributed by atoms with Crippen molar-refractivity contribution in [3.8, 4) is 5.75 Å². The molecule has 1 aromatic carbocycles. The van der Waals surface area contributed by atoms with E-state index in [1.807, 2.05) is 0 Å². The molecule has 3 heterocycles. The number of likely N-dealkylation sites (tertiary alicyclic amines) is 1. The summed E-state index contributed by atoms with van der Waals surface area (Å²) in [4.78, 5) is 28.9. The number of benzene rings is 1. The van der Waals surface area contributed by atoms with E-state index in [9.17, 15) is 36.6 Å². The number of aromatic nitrogens is 1. The van der Waals surface area contributed by atoms with Crippen LogP contribution in [0.15, 0.2) is 40.9 Å². The Morgan fingerprint density at radius 3 is 2.50 bits per heavy atom. The van der Waals surface area contributed by atoms with Crippen LogP contribution in [0.4, 0.5) is 35.5 Å². The molecule has 1 fully saturated rings. The number of furan rings is 1. The minimum absolute atomic E-state index is 0.122. The van der Waals surface area contributed by atoms with Gasteiger partial charge in [0.15, 0.2) is 11.5 Å². The summed E-state index contributed by atoms with van der Waals surface area (Å²) < 4.78 is 109. The summed E-state index contributed by atoms with van der Waals surface area (Å²) >= 11 is 0. The number of amides is 2. The number of piperidine rings is 1. The van der Waals surface area contributed by atoms with Gasteiger partial charge in [-0.25, -0.2) is 22.4 Å². The summed E-state index contributed by atoms with van der Waals surface area (Å²) in [6, 6.07) is 2.10.